The number of halogens is 3. The highest BCUT2D eigenvalue weighted by molar-refractivity contribution is 5.91. The van der Waals surface area contributed by atoms with Gasteiger partial charge in [0.05, 0.1) is 12.8 Å². The molecule has 1 N–H and O–H groups in total. The molecule has 11 heteroatoms. The van der Waals surface area contributed by atoms with Crippen LogP contribution in [0.5, 0.6) is 0 Å². The number of alkyl halides is 3. The van der Waals surface area contributed by atoms with Gasteiger partial charge in [-0.05, 0) is 46.2 Å². The van der Waals surface area contributed by atoms with Gasteiger partial charge in [0.1, 0.15) is 17.0 Å². The summed E-state index contributed by atoms with van der Waals surface area (Å²) in [4.78, 5) is 27.9. The van der Waals surface area contributed by atoms with E-state index in [1.165, 1.54) is 26.0 Å². The molecule has 0 unspecified atom stereocenters. The van der Waals surface area contributed by atoms with Crippen LogP contribution in [-0.4, -0.2) is 39.0 Å². The van der Waals surface area contributed by atoms with Crippen molar-refractivity contribution >= 4 is 17.9 Å². The molecule has 2 rings (SSSR count). The lowest BCUT2D eigenvalue weighted by Crippen LogP contribution is -2.27. The highest BCUT2D eigenvalue weighted by Crippen LogP contribution is 2.34. The Morgan fingerprint density at radius 1 is 1.21 bits per heavy atom. The third-order valence-corrected chi connectivity index (χ3v) is 3.43. The molecule has 8 nitrogen and oxygen atoms in total. The summed E-state index contributed by atoms with van der Waals surface area (Å²) in [6.45, 7) is 7.90. The van der Waals surface area contributed by atoms with Gasteiger partial charge in [0.25, 0.3) is 0 Å². The van der Waals surface area contributed by atoms with Crippen LogP contribution >= 0.6 is 0 Å². The molecule has 1 amide bonds. The number of aromatic nitrogens is 3. The summed E-state index contributed by atoms with van der Waals surface area (Å²) < 4.78 is 51.3. The van der Waals surface area contributed by atoms with Crippen molar-refractivity contribution < 1.29 is 32.2 Å². The number of carbonyl (C=O) groups is 2. The first kappa shape index (κ1) is 22.2. The number of nitrogens with one attached hydrogen (secondary N) is 1. The van der Waals surface area contributed by atoms with E-state index >= 15 is 0 Å². The SMILES string of the molecule is CCOC(=O)c1cnn(-c2nc(NC(=O)OC(C)(C)C)ccc2C)c1C(F)(F)F. The van der Waals surface area contributed by atoms with E-state index in [0.717, 1.165) is 6.20 Å². The van der Waals surface area contributed by atoms with Crippen LogP contribution in [0.2, 0.25) is 0 Å². The number of amides is 1. The fraction of sp³-hybridized carbons (Fsp3) is 0.444. The Kier molecular flexibility index (Phi) is 6.19. The number of aryl methyl sites for hydroxylation is 1. The van der Waals surface area contributed by atoms with E-state index in [9.17, 15) is 22.8 Å². The molecule has 0 atom stereocenters. The van der Waals surface area contributed by atoms with Gasteiger partial charge in [-0.25, -0.2) is 19.3 Å². The lowest BCUT2D eigenvalue weighted by molar-refractivity contribution is -0.143. The Balaban J connectivity index is 2.49. The Hall–Kier alpha value is -3.11. The average molecular weight is 414 g/mol. The third-order valence-electron chi connectivity index (χ3n) is 3.43. The summed E-state index contributed by atoms with van der Waals surface area (Å²) in [6, 6.07) is 2.87. The number of hydrogen-bond donors (Lipinski definition) is 1. The first-order chi connectivity index (χ1) is 13.3. The van der Waals surface area contributed by atoms with Crippen molar-refractivity contribution in [1.29, 1.82) is 0 Å². The maximum Gasteiger partial charge on any atom is 0.434 e. The molecule has 2 aromatic rings. The zero-order valence-corrected chi connectivity index (χ0v) is 16.5. The second kappa shape index (κ2) is 8.10. The van der Waals surface area contributed by atoms with E-state index in [-0.39, 0.29) is 18.2 Å². The molecule has 0 aliphatic rings. The number of carbonyl (C=O) groups excluding carboxylic acids is 2. The maximum atomic E-state index is 13.7. The van der Waals surface area contributed by atoms with Gasteiger partial charge in [-0.1, -0.05) is 6.07 Å². The van der Waals surface area contributed by atoms with E-state index in [1.807, 2.05) is 0 Å². The van der Waals surface area contributed by atoms with Crippen molar-refractivity contribution in [3.8, 4) is 5.82 Å². The van der Waals surface area contributed by atoms with Crippen LogP contribution in [0.15, 0.2) is 18.3 Å². The number of nitrogens with zero attached hydrogens (tertiary/aromatic N) is 3. The highest BCUT2D eigenvalue weighted by Gasteiger charge is 2.41. The van der Waals surface area contributed by atoms with Crippen LogP contribution in [0.3, 0.4) is 0 Å². The van der Waals surface area contributed by atoms with Gasteiger partial charge >= 0.3 is 18.2 Å². The quantitative estimate of drug-likeness (QED) is 0.757. The molecule has 158 valence electrons. The summed E-state index contributed by atoms with van der Waals surface area (Å²) in [6.07, 6.45) is -4.94. The summed E-state index contributed by atoms with van der Waals surface area (Å²) >= 11 is 0. The summed E-state index contributed by atoms with van der Waals surface area (Å²) in [7, 11) is 0. The van der Waals surface area contributed by atoms with E-state index in [1.54, 1.807) is 20.8 Å². The smallest absolute Gasteiger partial charge is 0.434 e. The van der Waals surface area contributed by atoms with Gasteiger partial charge in [0.2, 0.25) is 0 Å². The normalized spacial score (nSPS) is 11.9. The van der Waals surface area contributed by atoms with Crippen molar-refractivity contribution in [2.24, 2.45) is 0 Å². The number of ether oxygens (including phenoxy) is 2. The van der Waals surface area contributed by atoms with Gasteiger partial charge in [0, 0.05) is 0 Å². The van der Waals surface area contributed by atoms with Gasteiger partial charge in [0.15, 0.2) is 11.5 Å². The molecule has 0 aliphatic carbocycles. The maximum absolute atomic E-state index is 13.7. The Morgan fingerprint density at radius 3 is 2.41 bits per heavy atom. The Labute approximate surface area is 165 Å². The zero-order chi connectivity index (χ0) is 22.0. The standard InChI is InChI=1S/C18H21F3N4O4/c1-6-28-15(26)11-9-22-25(13(11)18(19,20)21)14-10(2)7-8-12(23-14)24-16(27)29-17(3,4)5/h7-9H,6H2,1-5H3,(H,23,24,27). The molecule has 0 spiro atoms. The second-order valence-electron chi connectivity index (χ2n) is 7.00. The lowest BCUT2D eigenvalue weighted by atomic mass is 10.2. The van der Waals surface area contributed by atoms with Crippen molar-refractivity contribution in [2.75, 3.05) is 11.9 Å². The molecule has 0 saturated heterocycles. The summed E-state index contributed by atoms with van der Waals surface area (Å²) in [5.74, 6) is -1.39. The number of hydrogen-bond acceptors (Lipinski definition) is 6. The van der Waals surface area contributed by atoms with Gasteiger partial charge in [-0.2, -0.15) is 18.3 Å². The van der Waals surface area contributed by atoms with Gasteiger partial charge in [-0.15, -0.1) is 0 Å². The molecule has 0 aromatic carbocycles. The zero-order valence-electron chi connectivity index (χ0n) is 16.5. The monoisotopic (exact) mass is 414 g/mol. The number of esters is 1. The van der Waals surface area contributed by atoms with E-state index in [0.29, 0.717) is 10.2 Å². The molecule has 0 radical (unpaired) electrons. The predicted molar refractivity (Wildman–Crippen MR) is 96.9 cm³/mol. The number of anilines is 1. The molecule has 0 bridgehead atoms. The minimum Gasteiger partial charge on any atom is -0.462 e. The van der Waals surface area contributed by atoms with Crippen LogP contribution in [0, 0.1) is 6.92 Å². The van der Waals surface area contributed by atoms with E-state index < -0.39 is 35.1 Å². The molecule has 0 fully saturated rings. The van der Waals surface area contributed by atoms with Crippen molar-refractivity contribution in [2.45, 2.75) is 46.4 Å². The van der Waals surface area contributed by atoms with Crippen LogP contribution < -0.4 is 5.32 Å². The second-order valence-corrected chi connectivity index (χ2v) is 7.00. The minimum atomic E-state index is -4.90. The Morgan fingerprint density at radius 2 is 1.86 bits per heavy atom. The van der Waals surface area contributed by atoms with Crippen LogP contribution in [0.25, 0.3) is 5.82 Å². The largest absolute Gasteiger partial charge is 0.462 e. The minimum absolute atomic E-state index is 0.0406. The molecule has 2 aromatic heterocycles. The van der Waals surface area contributed by atoms with Gasteiger partial charge in [-0.3, -0.25) is 5.32 Å². The van der Waals surface area contributed by atoms with Crippen molar-refractivity contribution in [3.63, 3.8) is 0 Å². The van der Waals surface area contributed by atoms with Crippen molar-refractivity contribution in [1.82, 2.24) is 14.8 Å². The third kappa shape index (κ3) is 5.46. The fourth-order valence-corrected chi connectivity index (χ4v) is 2.35. The molecule has 2 heterocycles. The summed E-state index contributed by atoms with van der Waals surface area (Å²) in [5.41, 5.74) is -2.48. The van der Waals surface area contributed by atoms with Crippen LogP contribution in [0.1, 0.15) is 49.3 Å². The van der Waals surface area contributed by atoms with Gasteiger partial charge < -0.3 is 9.47 Å². The average Bonchev–Trinajstić information content (AvgIpc) is 3.00. The van der Waals surface area contributed by atoms with Crippen LogP contribution in [-0.2, 0) is 15.7 Å². The summed E-state index contributed by atoms with van der Waals surface area (Å²) in [5, 5.41) is 6.04. The fourth-order valence-electron chi connectivity index (χ4n) is 2.35. The van der Waals surface area contributed by atoms with Crippen LogP contribution in [0.4, 0.5) is 23.8 Å². The number of rotatable bonds is 4. The molecule has 29 heavy (non-hydrogen) atoms. The van der Waals surface area contributed by atoms with E-state index in [4.69, 9.17) is 4.74 Å². The first-order valence-electron chi connectivity index (χ1n) is 8.64. The first-order valence-corrected chi connectivity index (χ1v) is 8.64. The van der Waals surface area contributed by atoms with E-state index in [2.05, 4.69) is 20.1 Å². The molecular formula is C18H21F3N4O4. The molecular weight excluding hydrogens is 393 g/mol. The predicted octanol–water partition coefficient (Wildman–Crippen LogP) is 4.12. The Bertz CT molecular complexity index is 917. The molecule has 0 aliphatic heterocycles. The lowest BCUT2D eigenvalue weighted by Gasteiger charge is -2.20. The number of pyridine rings is 1. The molecule has 0 saturated carbocycles. The topological polar surface area (TPSA) is 95.3 Å². The highest BCUT2D eigenvalue weighted by atomic mass is 19.4. The van der Waals surface area contributed by atoms with Crippen molar-refractivity contribution in [3.05, 3.63) is 35.2 Å².